The van der Waals surface area contributed by atoms with Crippen molar-refractivity contribution in [1.29, 1.82) is 0 Å². The summed E-state index contributed by atoms with van der Waals surface area (Å²) in [5.74, 6) is 0. The van der Waals surface area contributed by atoms with E-state index in [0.29, 0.717) is 6.61 Å². The number of hydrogen-bond acceptors (Lipinski definition) is 2. The molecule has 1 aromatic heterocycles. The largest absolute Gasteiger partial charge is 0.273 e. The quantitative estimate of drug-likeness (QED) is 0.656. The zero-order valence-electron chi connectivity index (χ0n) is 5.67. The number of rotatable bonds is 2. The van der Waals surface area contributed by atoms with E-state index in [-0.39, 0.29) is 0 Å². The van der Waals surface area contributed by atoms with E-state index < -0.39 is 0 Å². The molecule has 1 heterocycles. The van der Waals surface area contributed by atoms with Crippen molar-refractivity contribution in [2.45, 2.75) is 13.5 Å². The number of nitrogens with zero attached hydrogens (tertiary/aromatic N) is 1. The average molecular weight is 158 g/mol. The molecular weight excluding hydrogens is 150 g/mol. The van der Waals surface area contributed by atoms with Gasteiger partial charge in [-0.1, -0.05) is 6.07 Å². The zero-order chi connectivity index (χ0) is 7.40. The van der Waals surface area contributed by atoms with Crippen molar-refractivity contribution in [3.05, 3.63) is 29.6 Å². The lowest BCUT2D eigenvalue weighted by Crippen LogP contribution is -1.88. The van der Waals surface area contributed by atoms with Crippen LogP contribution in [0.4, 0.5) is 0 Å². The highest BCUT2D eigenvalue weighted by molar-refractivity contribution is 6.07. The van der Waals surface area contributed by atoms with Crippen LogP contribution in [0.25, 0.3) is 0 Å². The summed E-state index contributed by atoms with van der Waals surface area (Å²) >= 11 is 5.04. The third-order valence-corrected chi connectivity index (χ3v) is 1.28. The van der Waals surface area contributed by atoms with Crippen molar-refractivity contribution in [3.8, 4) is 0 Å². The third kappa shape index (κ3) is 1.97. The molecule has 0 aromatic carbocycles. The number of pyridine rings is 1. The van der Waals surface area contributed by atoms with Crippen LogP contribution in [0.2, 0.25) is 0 Å². The molecule has 0 saturated heterocycles. The molecule has 54 valence electrons. The number of aryl methyl sites for hydroxylation is 1. The summed E-state index contributed by atoms with van der Waals surface area (Å²) in [5, 5.41) is 0. The minimum Gasteiger partial charge on any atom is -0.273 e. The first-order valence-electron chi connectivity index (χ1n) is 2.98. The van der Waals surface area contributed by atoms with Gasteiger partial charge >= 0.3 is 0 Å². The summed E-state index contributed by atoms with van der Waals surface area (Å²) in [4.78, 5) is 4.06. The van der Waals surface area contributed by atoms with Crippen LogP contribution < -0.4 is 0 Å². The smallest absolute Gasteiger partial charge is 0.110 e. The van der Waals surface area contributed by atoms with Crippen LogP contribution in [-0.2, 0) is 10.9 Å². The highest BCUT2D eigenvalue weighted by atomic mass is 35.5. The summed E-state index contributed by atoms with van der Waals surface area (Å²) in [5.41, 5.74) is 1.99. The Morgan fingerprint density at radius 1 is 1.60 bits per heavy atom. The molecule has 2 nitrogen and oxygen atoms in total. The van der Waals surface area contributed by atoms with Crippen LogP contribution in [0.15, 0.2) is 18.3 Å². The molecule has 0 atom stereocenters. The Bertz CT molecular complexity index is 197. The molecule has 1 rings (SSSR count). The van der Waals surface area contributed by atoms with E-state index in [1.165, 1.54) is 0 Å². The monoisotopic (exact) mass is 157 g/mol. The Morgan fingerprint density at radius 3 is 2.90 bits per heavy atom. The normalized spacial score (nSPS) is 9.80. The third-order valence-electron chi connectivity index (χ3n) is 1.18. The molecule has 1 aromatic rings. The fourth-order valence-corrected chi connectivity index (χ4v) is 0.751. The van der Waals surface area contributed by atoms with Crippen molar-refractivity contribution < 1.29 is 4.29 Å². The topological polar surface area (TPSA) is 22.1 Å². The maximum atomic E-state index is 5.04. The van der Waals surface area contributed by atoms with Gasteiger partial charge in [-0.3, -0.25) is 9.27 Å². The highest BCUT2D eigenvalue weighted by Crippen LogP contribution is 2.00. The lowest BCUT2D eigenvalue weighted by Gasteiger charge is -1.95. The van der Waals surface area contributed by atoms with Crippen molar-refractivity contribution >= 4 is 11.9 Å². The van der Waals surface area contributed by atoms with Gasteiger partial charge < -0.3 is 0 Å². The summed E-state index contributed by atoms with van der Waals surface area (Å²) in [6.07, 6.45) is 1.78. The summed E-state index contributed by atoms with van der Waals surface area (Å²) < 4.78 is 4.38. The summed E-state index contributed by atoms with van der Waals surface area (Å²) in [7, 11) is 0. The van der Waals surface area contributed by atoms with Crippen LogP contribution >= 0.6 is 11.9 Å². The second kappa shape index (κ2) is 3.54. The Morgan fingerprint density at radius 2 is 2.40 bits per heavy atom. The molecule has 0 bridgehead atoms. The van der Waals surface area contributed by atoms with E-state index in [1.54, 1.807) is 6.20 Å². The van der Waals surface area contributed by atoms with Gasteiger partial charge in [-0.25, -0.2) is 0 Å². The standard InChI is InChI=1S/C7H8ClNO/c1-6-2-3-7(5-10-8)9-4-6/h2-4H,5H2,1H3. The van der Waals surface area contributed by atoms with Crippen LogP contribution in [0, 0.1) is 6.92 Å². The maximum absolute atomic E-state index is 5.04. The SMILES string of the molecule is Cc1ccc(COCl)nc1. The number of halogens is 1. The molecule has 0 aliphatic rings. The van der Waals surface area contributed by atoms with Crippen molar-refractivity contribution in [3.63, 3.8) is 0 Å². The van der Waals surface area contributed by atoms with Crippen LogP contribution in [0.5, 0.6) is 0 Å². The number of hydrogen-bond donors (Lipinski definition) is 0. The Labute approximate surface area is 65.0 Å². The minimum atomic E-state index is 0.363. The maximum Gasteiger partial charge on any atom is 0.110 e. The van der Waals surface area contributed by atoms with E-state index in [2.05, 4.69) is 9.27 Å². The van der Waals surface area contributed by atoms with E-state index in [1.807, 2.05) is 19.1 Å². The molecule has 0 aliphatic carbocycles. The second-order valence-electron chi connectivity index (χ2n) is 2.08. The predicted octanol–water partition coefficient (Wildman–Crippen LogP) is 2.06. The van der Waals surface area contributed by atoms with Crippen molar-refractivity contribution in [2.75, 3.05) is 0 Å². The Kier molecular flexibility index (Phi) is 2.66. The fraction of sp³-hybridized carbons (Fsp3) is 0.286. The molecule has 0 fully saturated rings. The van der Waals surface area contributed by atoms with Crippen LogP contribution in [0.1, 0.15) is 11.3 Å². The zero-order valence-corrected chi connectivity index (χ0v) is 6.43. The predicted molar refractivity (Wildman–Crippen MR) is 39.6 cm³/mol. The van der Waals surface area contributed by atoms with Gasteiger partial charge in [0.25, 0.3) is 0 Å². The molecule has 0 aliphatic heterocycles. The first kappa shape index (κ1) is 7.51. The molecule has 0 amide bonds. The van der Waals surface area contributed by atoms with Gasteiger partial charge in [-0.15, -0.1) is 0 Å². The van der Waals surface area contributed by atoms with Gasteiger partial charge in [-0.2, -0.15) is 0 Å². The van der Waals surface area contributed by atoms with E-state index in [0.717, 1.165) is 11.3 Å². The summed E-state index contributed by atoms with van der Waals surface area (Å²) in [6.45, 7) is 2.35. The molecule has 0 unspecified atom stereocenters. The van der Waals surface area contributed by atoms with Crippen LogP contribution in [-0.4, -0.2) is 4.98 Å². The van der Waals surface area contributed by atoms with Gasteiger partial charge in [0.15, 0.2) is 0 Å². The van der Waals surface area contributed by atoms with Gasteiger partial charge in [0.2, 0.25) is 0 Å². The molecule has 0 radical (unpaired) electrons. The molecule has 3 heteroatoms. The minimum absolute atomic E-state index is 0.363. The fourth-order valence-electron chi connectivity index (χ4n) is 0.640. The Balaban J connectivity index is 2.69. The Hall–Kier alpha value is -0.600. The van der Waals surface area contributed by atoms with Gasteiger partial charge in [0, 0.05) is 6.20 Å². The van der Waals surface area contributed by atoms with E-state index >= 15 is 0 Å². The van der Waals surface area contributed by atoms with Crippen molar-refractivity contribution in [1.82, 2.24) is 4.98 Å². The van der Waals surface area contributed by atoms with E-state index in [9.17, 15) is 0 Å². The lowest BCUT2D eigenvalue weighted by atomic mass is 10.3. The van der Waals surface area contributed by atoms with Gasteiger partial charge in [-0.05, 0) is 18.6 Å². The average Bonchev–Trinajstić information content (AvgIpc) is 1.95. The first-order chi connectivity index (χ1) is 4.83. The highest BCUT2D eigenvalue weighted by Gasteiger charge is 1.91. The van der Waals surface area contributed by atoms with Crippen LogP contribution in [0.3, 0.4) is 0 Å². The van der Waals surface area contributed by atoms with E-state index in [4.69, 9.17) is 11.9 Å². The number of aromatic nitrogens is 1. The lowest BCUT2D eigenvalue weighted by molar-refractivity contribution is 0.335. The molecule has 10 heavy (non-hydrogen) atoms. The molecular formula is C7H8ClNO. The molecule has 0 saturated carbocycles. The second-order valence-corrected chi connectivity index (χ2v) is 2.30. The van der Waals surface area contributed by atoms with Gasteiger partial charge in [0.05, 0.1) is 17.6 Å². The molecule has 0 spiro atoms. The van der Waals surface area contributed by atoms with Crippen molar-refractivity contribution in [2.24, 2.45) is 0 Å². The first-order valence-corrected chi connectivity index (χ1v) is 3.29. The molecule has 0 N–H and O–H groups in total. The summed E-state index contributed by atoms with van der Waals surface area (Å²) in [6, 6.07) is 3.86. The van der Waals surface area contributed by atoms with Gasteiger partial charge in [0.1, 0.15) is 6.61 Å².